The van der Waals surface area contributed by atoms with Crippen molar-refractivity contribution in [2.45, 2.75) is 26.7 Å². The molecule has 3 nitrogen and oxygen atoms in total. The topological polar surface area (TPSA) is 58.9 Å². The van der Waals surface area contributed by atoms with Crippen molar-refractivity contribution in [1.29, 1.82) is 0 Å². The first kappa shape index (κ1) is 13.7. The monoisotopic (exact) mass is 276 g/mol. The Balaban J connectivity index is 2.53. The molecule has 1 heterocycles. The van der Waals surface area contributed by atoms with Crippen LogP contribution in [0.25, 0.3) is 0 Å². The molecule has 0 bridgehead atoms. The second-order valence-electron chi connectivity index (χ2n) is 4.61. The van der Waals surface area contributed by atoms with Crippen LogP contribution >= 0.6 is 11.6 Å². The standard InChI is InChI=1S/C15H17ClN2O/c1-3-12-9(2)18-15(19)14(17)13(12)8-10-5-4-6-11(16)7-10/h4-7H,3,8,17H2,1-2H3,(H,18,19). The lowest BCUT2D eigenvalue weighted by Gasteiger charge is -2.13. The number of benzene rings is 1. The second kappa shape index (κ2) is 5.49. The third kappa shape index (κ3) is 2.82. The summed E-state index contributed by atoms with van der Waals surface area (Å²) >= 11 is 5.99. The molecular weight excluding hydrogens is 260 g/mol. The Labute approximate surface area is 117 Å². The number of hydrogen-bond acceptors (Lipinski definition) is 2. The van der Waals surface area contributed by atoms with E-state index in [4.69, 9.17) is 17.3 Å². The van der Waals surface area contributed by atoms with E-state index in [1.54, 1.807) is 0 Å². The van der Waals surface area contributed by atoms with Gasteiger partial charge in [0.15, 0.2) is 0 Å². The van der Waals surface area contributed by atoms with Crippen LogP contribution in [0.3, 0.4) is 0 Å². The zero-order valence-electron chi connectivity index (χ0n) is 11.1. The van der Waals surface area contributed by atoms with Crippen LogP contribution in [0.15, 0.2) is 29.1 Å². The number of aryl methyl sites for hydroxylation is 1. The van der Waals surface area contributed by atoms with Crippen molar-refractivity contribution in [1.82, 2.24) is 4.98 Å². The highest BCUT2D eigenvalue weighted by atomic mass is 35.5. The lowest BCUT2D eigenvalue weighted by Crippen LogP contribution is -2.19. The van der Waals surface area contributed by atoms with Gasteiger partial charge in [-0.05, 0) is 42.2 Å². The zero-order chi connectivity index (χ0) is 14.0. The number of anilines is 1. The number of nitrogen functional groups attached to an aromatic ring is 1. The minimum Gasteiger partial charge on any atom is -0.394 e. The molecule has 0 saturated heterocycles. The molecule has 3 N–H and O–H groups in total. The van der Waals surface area contributed by atoms with Crippen LogP contribution in [0.2, 0.25) is 5.02 Å². The van der Waals surface area contributed by atoms with Crippen LogP contribution in [0.5, 0.6) is 0 Å². The van der Waals surface area contributed by atoms with Crippen LogP contribution in [0.1, 0.15) is 29.3 Å². The summed E-state index contributed by atoms with van der Waals surface area (Å²) in [6.07, 6.45) is 1.46. The van der Waals surface area contributed by atoms with E-state index in [1.165, 1.54) is 0 Å². The molecule has 0 amide bonds. The van der Waals surface area contributed by atoms with Crippen LogP contribution in [-0.2, 0) is 12.8 Å². The molecule has 0 unspecified atom stereocenters. The molecule has 1 aromatic carbocycles. The van der Waals surface area contributed by atoms with E-state index in [0.29, 0.717) is 17.1 Å². The number of rotatable bonds is 3. The smallest absolute Gasteiger partial charge is 0.271 e. The molecule has 0 aliphatic carbocycles. The number of aromatic amines is 1. The molecule has 19 heavy (non-hydrogen) atoms. The summed E-state index contributed by atoms with van der Waals surface area (Å²) < 4.78 is 0. The summed E-state index contributed by atoms with van der Waals surface area (Å²) in [6.45, 7) is 3.96. The van der Waals surface area contributed by atoms with Crippen LogP contribution in [-0.4, -0.2) is 4.98 Å². The number of hydrogen-bond donors (Lipinski definition) is 2. The van der Waals surface area contributed by atoms with Crippen molar-refractivity contribution < 1.29 is 0 Å². The maximum Gasteiger partial charge on any atom is 0.271 e. The summed E-state index contributed by atoms with van der Waals surface area (Å²) in [5.41, 5.74) is 9.99. The minimum absolute atomic E-state index is 0.216. The van der Waals surface area contributed by atoms with E-state index in [2.05, 4.69) is 11.9 Å². The van der Waals surface area contributed by atoms with Gasteiger partial charge in [-0.3, -0.25) is 4.79 Å². The van der Waals surface area contributed by atoms with Gasteiger partial charge in [-0.25, -0.2) is 0 Å². The van der Waals surface area contributed by atoms with Crippen molar-refractivity contribution in [2.24, 2.45) is 0 Å². The summed E-state index contributed by atoms with van der Waals surface area (Å²) in [6, 6.07) is 7.62. The van der Waals surface area contributed by atoms with Gasteiger partial charge in [-0.2, -0.15) is 0 Å². The van der Waals surface area contributed by atoms with Crippen molar-refractivity contribution in [3.05, 3.63) is 62.0 Å². The first-order chi connectivity index (χ1) is 9.02. The third-order valence-electron chi connectivity index (χ3n) is 3.31. The minimum atomic E-state index is -0.216. The van der Waals surface area contributed by atoms with E-state index < -0.39 is 0 Å². The molecule has 1 aromatic heterocycles. The number of aromatic nitrogens is 1. The molecular formula is C15H17ClN2O. The van der Waals surface area contributed by atoms with Gasteiger partial charge >= 0.3 is 0 Å². The Morgan fingerprint density at radius 1 is 1.32 bits per heavy atom. The Bertz CT molecular complexity index is 662. The van der Waals surface area contributed by atoms with Gasteiger partial charge in [0.05, 0.1) is 0 Å². The van der Waals surface area contributed by atoms with Crippen molar-refractivity contribution >= 4 is 17.3 Å². The highest BCUT2D eigenvalue weighted by Crippen LogP contribution is 2.22. The Hall–Kier alpha value is -1.74. The summed E-state index contributed by atoms with van der Waals surface area (Å²) in [7, 11) is 0. The van der Waals surface area contributed by atoms with Crippen LogP contribution in [0.4, 0.5) is 5.69 Å². The van der Waals surface area contributed by atoms with Gasteiger partial charge in [-0.1, -0.05) is 30.7 Å². The fraction of sp³-hybridized carbons (Fsp3) is 0.267. The normalized spacial score (nSPS) is 10.7. The number of halogens is 1. The highest BCUT2D eigenvalue weighted by Gasteiger charge is 2.12. The summed E-state index contributed by atoms with van der Waals surface area (Å²) in [4.78, 5) is 14.6. The van der Waals surface area contributed by atoms with E-state index >= 15 is 0 Å². The van der Waals surface area contributed by atoms with Gasteiger partial charge in [0.1, 0.15) is 5.69 Å². The van der Waals surface area contributed by atoms with Crippen LogP contribution < -0.4 is 11.3 Å². The average molecular weight is 277 g/mol. The number of nitrogens with one attached hydrogen (secondary N) is 1. The molecule has 2 aromatic rings. The van der Waals surface area contributed by atoms with Crippen LogP contribution in [0, 0.1) is 6.92 Å². The molecule has 4 heteroatoms. The Morgan fingerprint density at radius 2 is 2.05 bits per heavy atom. The number of pyridine rings is 1. The van der Waals surface area contributed by atoms with Gasteiger partial charge < -0.3 is 10.7 Å². The molecule has 0 saturated carbocycles. The first-order valence-electron chi connectivity index (χ1n) is 6.27. The number of nitrogens with two attached hydrogens (primary N) is 1. The average Bonchev–Trinajstić information content (AvgIpc) is 2.36. The largest absolute Gasteiger partial charge is 0.394 e. The van der Waals surface area contributed by atoms with Gasteiger partial charge in [-0.15, -0.1) is 0 Å². The summed E-state index contributed by atoms with van der Waals surface area (Å²) in [5, 5.41) is 0.690. The van der Waals surface area contributed by atoms with Gasteiger partial charge in [0, 0.05) is 17.1 Å². The SMILES string of the molecule is CCc1c(C)[nH]c(=O)c(N)c1Cc1cccc(Cl)c1. The maximum absolute atomic E-state index is 11.8. The Kier molecular flexibility index (Phi) is 3.96. The maximum atomic E-state index is 11.8. The van der Waals surface area contributed by atoms with E-state index in [1.807, 2.05) is 31.2 Å². The lowest BCUT2D eigenvalue weighted by molar-refractivity contribution is 0.980. The molecule has 100 valence electrons. The zero-order valence-corrected chi connectivity index (χ0v) is 11.8. The fourth-order valence-corrected chi connectivity index (χ4v) is 2.58. The molecule has 0 atom stereocenters. The van der Waals surface area contributed by atoms with E-state index in [-0.39, 0.29) is 5.56 Å². The van der Waals surface area contributed by atoms with E-state index in [0.717, 1.165) is 28.8 Å². The first-order valence-corrected chi connectivity index (χ1v) is 6.65. The molecule has 0 aliphatic heterocycles. The molecule has 0 fully saturated rings. The molecule has 0 aliphatic rings. The lowest BCUT2D eigenvalue weighted by atomic mass is 9.96. The van der Waals surface area contributed by atoms with Crippen molar-refractivity contribution in [3.63, 3.8) is 0 Å². The predicted molar refractivity (Wildman–Crippen MR) is 79.8 cm³/mol. The molecule has 0 radical (unpaired) electrons. The van der Waals surface area contributed by atoms with Gasteiger partial charge in [0.25, 0.3) is 5.56 Å². The van der Waals surface area contributed by atoms with Crippen molar-refractivity contribution in [2.75, 3.05) is 5.73 Å². The third-order valence-corrected chi connectivity index (χ3v) is 3.55. The predicted octanol–water partition coefficient (Wildman–Crippen LogP) is 3.07. The number of H-pyrrole nitrogens is 1. The van der Waals surface area contributed by atoms with E-state index in [9.17, 15) is 4.79 Å². The quantitative estimate of drug-likeness (QED) is 0.905. The summed E-state index contributed by atoms with van der Waals surface area (Å²) in [5.74, 6) is 0. The van der Waals surface area contributed by atoms with Crippen molar-refractivity contribution in [3.8, 4) is 0 Å². The fourth-order valence-electron chi connectivity index (χ4n) is 2.37. The molecule has 2 rings (SSSR count). The second-order valence-corrected chi connectivity index (χ2v) is 5.05. The molecule has 0 spiro atoms. The van der Waals surface area contributed by atoms with Gasteiger partial charge in [0.2, 0.25) is 0 Å². The highest BCUT2D eigenvalue weighted by molar-refractivity contribution is 6.30. The Morgan fingerprint density at radius 3 is 2.68 bits per heavy atom.